The van der Waals surface area contributed by atoms with Gasteiger partial charge in [0, 0.05) is 29.8 Å². The maximum Gasteiger partial charge on any atom is 0.0947 e. The van der Waals surface area contributed by atoms with Gasteiger partial charge in [0.25, 0.3) is 0 Å². The highest BCUT2D eigenvalue weighted by molar-refractivity contribution is 5.62. The fourth-order valence-electron chi connectivity index (χ4n) is 2.86. The maximum atomic E-state index is 6.15. The molecule has 0 amide bonds. The Balaban J connectivity index is 2.09. The van der Waals surface area contributed by atoms with Crippen LogP contribution in [-0.4, -0.2) is 10.6 Å². The Hall–Kier alpha value is -1.66. The van der Waals surface area contributed by atoms with E-state index in [9.17, 15) is 0 Å². The Morgan fingerprint density at radius 1 is 1.00 bits per heavy atom. The molecule has 0 aliphatic heterocycles. The highest BCUT2D eigenvalue weighted by Crippen LogP contribution is 2.34. The summed E-state index contributed by atoms with van der Waals surface area (Å²) in [6.07, 6.45) is 0.907. The number of nitrogens with one attached hydrogen (secondary N) is 1. The van der Waals surface area contributed by atoms with Crippen LogP contribution >= 0.6 is 0 Å². The average molecular weight is 257 g/mol. The molecular formula is C14H19N5. The van der Waals surface area contributed by atoms with Crippen LogP contribution in [0, 0.1) is 0 Å². The van der Waals surface area contributed by atoms with E-state index >= 15 is 0 Å². The summed E-state index contributed by atoms with van der Waals surface area (Å²) in [5.41, 5.74) is 26.4. The van der Waals surface area contributed by atoms with Crippen LogP contribution in [0.25, 0.3) is 11.3 Å². The monoisotopic (exact) mass is 257 g/mol. The third kappa shape index (κ3) is 2.17. The number of aromatic nitrogens is 1. The molecule has 1 aromatic heterocycles. The first-order chi connectivity index (χ1) is 8.87. The topological polar surface area (TPSA) is 120 Å². The highest BCUT2D eigenvalue weighted by atomic mass is 15.1. The first-order valence-corrected chi connectivity index (χ1v) is 6.31. The SMILES string of the molecule is NC1(N)Cc2[nH]c(-c3ccccc3)cc2C(N)(N)C1. The van der Waals surface area contributed by atoms with Gasteiger partial charge in [0.05, 0.1) is 11.3 Å². The van der Waals surface area contributed by atoms with Crippen LogP contribution in [0.2, 0.25) is 0 Å². The number of hydrogen-bond donors (Lipinski definition) is 5. The van der Waals surface area contributed by atoms with Gasteiger partial charge in [0.15, 0.2) is 0 Å². The Morgan fingerprint density at radius 2 is 1.68 bits per heavy atom. The van der Waals surface area contributed by atoms with Gasteiger partial charge in [0.1, 0.15) is 0 Å². The molecule has 0 bridgehead atoms. The van der Waals surface area contributed by atoms with Crippen LogP contribution in [0.4, 0.5) is 0 Å². The molecule has 5 heteroatoms. The maximum absolute atomic E-state index is 6.15. The molecule has 1 aromatic carbocycles. The Morgan fingerprint density at radius 3 is 2.37 bits per heavy atom. The molecule has 0 radical (unpaired) electrons. The van der Waals surface area contributed by atoms with Gasteiger partial charge in [-0.15, -0.1) is 0 Å². The summed E-state index contributed by atoms with van der Waals surface area (Å²) >= 11 is 0. The molecule has 0 fully saturated rings. The van der Waals surface area contributed by atoms with Gasteiger partial charge in [0.2, 0.25) is 0 Å². The van der Waals surface area contributed by atoms with Crippen molar-refractivity contribution in [2.24, 2.45) is 22.9 Å². The van der Waals surface area contributed by atoms with E-state index in [1.807, 2.05) is 36.4 Å². The number of fused-ring (bicyclic) bond motifs is 1. The van der Waals surface area contributed by atoms with E-state index in [1.54, 1.807) is 0 Å². The number of H-pyrrole nitrogens is 1. The van der Waals surface area contributed by atoms with Crippen LogP contribution in [0.5, 0.6) is 0 Å². The molecular weight excluding hydrogens is 238 g/mol. The molecule has 100 valence electrons. The van der Waals surface area contributed by atoms with Crippen molar-refractivity contribution in [1.82, 2.24) is 4.98 Å². The van der Waals surface area contributed by atoms with Gasteiger partial charge in [-0.1, -0.05) is 30.3 Å². The van der Waals surface area contributed by atoms with Crippen molar-refractivity contribution >= 4 is 0 Å². The number of aromatic amines is 1. The molecule has 0 saturated heterocycles. The fourth-order valence-corrected chi connectivity index (χ4v) is 2.86. The fraction of sp³-hybridized carbons (Fsp3) is 0.286. The second kappa shape index (κ2) is 3.91. The smallest absolute Gasteiger partial charge is 0.0947 e. The molecule has 1 heterocycles. The van der Waals surface area contributed by atoms with Crippen LogP contribution < -0.4 is 22.9 Å². The number of hydrogen-bond acceptors (Lipinski definition) is 4. The Kier molecular flexibility index (Phi) is 2.55. The molecule has 0 spiro atoms. The summed E-state index contributed by atoms with van der Waals surface area (Å²) in [6.45, 7) is 0. The molecule has 9 N–H and O–H groups in total. The Bertz CT molecular complexity index is 598. The molecule has 0 atom stereocenters. The van der Waals surface area contributed by atoms with Crippen molar-refractivity contribution < 1.29 is 0 Å². The molecule has 1 aliphatic carbocycles. The third-order valence-corrected chi connectivity index (χ3v) is 3.61. The van der Waals surface area contributed by atoms with Crippen LogP contribution in [0.3, 0.4) is 0 Å². The minimum absolute atomic E-state index is 0.360. The van der Waals surface area contributed by atoms with E-state index in [-0.39, 0.29) is 0 Å². The summed E-state index contributed by atoms with van der Waals surface area (Å²) in [6, 6.07) is 12.0. The predicted molar refractivity (Wildman–Crippen MR) is 75.7 cm³/mol. The normalized spacial score (nSPS) is 20.0. The lowest BCUT2D eigenvalue weighted by Gasteiger charge is -2.39. The first-order valence-electron chi connectivity index (χ1n) is 6.31. The van der Waals surface area contributed by atoms with E-state index < -0.39 is 11.3 Å². The third-order valence-electron chi connectivity index (χ3n) is 3.61. The lowest BCUT2D eigenvalue weighted by atomic mass is 9.81. The zero-order valence-corrected chi connectivity index (χ0v) is 10.7. The first kappa shape index (κ1) is 12.4. The minimum Gasteiger partial charge on any atom is -0.358 e. The molecule has 1 aliphatic rings. The van der Waals surface area contributed by atoms with Crippen molar-refractivity contribution in [1.29, 1.82) is 0 Å². The van der Waals surface area contributed by atoms with E-state index in [1.165, 1.54) is 0 Å². The van der Waals surface area contributed by atoms with E-state index in [0.29, 0.717) is 12.8 Å². The molecule has 0 saturated carbocycles. The number of benzene rings is 1. The second-order valence-electron chi connectivity index (χ2n) is 5.57. The van der Waals surface area contributed by atoms with Crippen molar-refractivity contribution in [2.75, 3.05) is 0 Å². The van der Waals surface area contributed by atoms with Gasteiger partial charge < -0.3 is 27.9 Å². The van der Waals surface area contributed by atoms with Crippen LogP contribution in [0.15, 0.2) is 36.4 Å². The lowest BCUT2D eigenvalue weighted by molar-refractivity contribution is 0.261. The summed E-state index contributed by atoms with van der Waals surface area (Å²) in [7, 11) is 0. The van der Waals surface area contributed by atoms with E-state index in [2.05, 4.69) is 4.98 Å². The van der Waals surface area contributed by atoms with Gasteiger partial charge in [-0.2, -0.15) is 0 Å². The van der Waals surface area contributed by atoms with Crippen LogP contribution in [0.1, 0.15) is 17.7 Å². The zero-order chi connectivity index (χ0) is 13.7. The molecule has 3 rings (SSSR count). The summed E-state index contributed by atoms with van der Waals surface area (Å²) in [5.74, 6) is 0. The van der Waals surface area contributed by atoms with Gasteiger partial charge in [-0.05, 0) is 11.6 Å². The highest BCUT2D eigenvalue weighted by Gasteiger charge is 2.40. The quantitative estimate of drug-likeness (QED) is 0.472. The summed E-state index contributed by atoms with van der Waals surface area (Å²) in [4.78, 5) is 3.34. The Labute approximate surface area is 112 Å². The number of rotatable bonds is 1. The molecule has 19 heavy (non-hydrogen) atoms. The standard InChI is InChI=1S/C14H19N5/c15-13(16)7-12-10(14(17,18)8-13)6-11(19-12)9-4-2-1-3-5-9/h1-6,19H,7-8,15-18H2. The summed E-state index contributed by atoms with van der Waals surface area (Å²) in [5, 5.41) is 0. The molecule has 0 unspecified atom stereocenters. The van der Waals surface area contributed by atoms with Gasteiger partial charge in [-0.25, -0.2) is 0 Å². The van der Waals surface area contributed by atoms with Crippen molar-refractivity contribution in [3.8, 4) is 11.3 Å². The van der Waals surface area contributed by atoms with Gasteiger partial charge >= 0.3 is 0 Å². The molecule has 2 aromatic rings. The largest absolute Gasteiger partial charge is 0.358 e. The second-order valence-corrected chi connectivity index (χ2v) is 5.57. The average Bonchev–Trinajstić information content (AvgIpc) is 2.72. The zero-order valence-electron chi connectivity index (χ0n) is 10.7. The van der Waals surface area contributed by atoms with Gasteiger partial charge in [-0.3, -0.25) is 0 Å². The predicted octanol–water partition coefficient (Wildman–Crippen LogP) is 0.312. The van der Waals surface area contributed by atoms with E-state index in [0.717, 1.165) is 22.5 Å². The summed E-state index contributed by atoms with van der Waals surface area (Å²) < 4.78 is 0. The van der Waals surface area contributed by atoms with Crippen molar-refractivity contribution in [3.63, 3.8) is 0 Å². The number of nitrogens with two attached hydrogens (primary N) is 4. The van der Waals surface area contributed by atoms with Crippen LogP contribution in [-0.2, 0) is 12.1 Å². The lowest BCUT2D eigenvalue weighted by Crippen LogP contribution is -2.64. The minimum atomic E-state index is -0.986. The van der Waals surface area contributed by atoms with Crippen molar-refractivity contribution in [2.45, 2.75) is 24.2 Å². The van der Waals surface area contributed by atoms with Crippen molar-refractivity contribution in [3.05, 3.63) is 47.7 Å². The van der Waals surface area contributed by atoms with E-state index in [4.69, 9.17) is 22.9 Å². The molecule has 5 nitrogen and oxygen atoms in total.